The van der Waals surface area contributed by atoms with Crippen molar-refractivity contribution in [1.82, 2.24) is 4.98 Å². The van der Waals surface area contributed by atoms with Gasteiger partial charge in [0.25, 0.3) is 0 Å². The number of aromatic nitrogens is 1. The Morgan fingerprint density at radius 1 is 1.29 bits per heavy atom. The number of ether oxygens (including phenoxy) is 1. The lowest BCUT2D eigenvalue weighted by atomic mass is 10.1. The highest BCUT2D eigenvalue weighted by atomic mass is 32.1. The summed E-state index contributed by atoms with van der Waals surface area (Å²) in [5.41, 5.74) is 2.14. The van der Waals surface area contributed by atoms with Crippen LogP contribution in [0.4, 0.5) is 0 Å². The molecular formula is C11H11NOS. The van der Waals surface area contributed by atoms with Crippen LogP contribution in [0.3, 0.4) is 0 Å². The number of aryl methyl sites for hydroxylation is 1. The van der Waals surface area contributed by atoms with Crippen LogP contribution in [0.1, 0.15) is 5.56 Å². The van der Waals surface area contributed by atoms with Gasteiger partial charge in [-0.25, -0.2) is 0 Å². The Kier molecular flexibility index (Phi) is 2.25. The molecule has 1 aromatic heterocycles. The zero-order chi connectivity index (χ0) is 10.1. The maximum atomic E-state index is 5.27. The molecule has 0 aliphatic rings. The molecule has 3 heteroatoms. The van der Waals surface area contributed by atoms with E-state index in [-0.39, 0.29) is 0 Å². The normalized spacial score (nSPS) is 10.4. The van der Waals surface area contributed by atoms with Crippen molar-refractivity contribution in [2.75, 3.05) is 7.11 Å². The molecular weight excluding hydrogens is 194 g/mol. The first-order valence-corrected chi connectivity index (χ1v) is 4.80. The predicted octanol–water partition coefficient (Wildman–Crippen LogP) is 3.21. The van der Waals surface area contributed by atoms with Crippen molar-refractivity contribution < 1.29 is 4.74 Å². The van der Waals surface area contributed by atoms with E-state index in [2.05, 4.69) is 4.98 Å². The van der Waals surface area contributed by atoms with Crippen molar-refractivity contribution in [3.05, 3.63) is 34.5 Å². The van der Waals surface area contributed by atoms with Crippen LogP contribution >= 0.6 is 12.2 Å². The summed E-state index contributed by atoms with van der Waals surface area (Å²) in [7, 11) is 1.66. The molecule has 0 aliphatic heterocycles. The van der Waals surface area contributed by atoms with E-state index in [0.717, 1.165) is 21.2 Å². The Morgan fingerprint density at radius 3 is 2.79 bits per heavy atom. The molecule has 1 aromatic carbocycles. The van der Waals surface area contributed by atoms with E-state index in [0.29, 0.717) is 0 Å². The Balaban J connectivity index is 2.99. The minimum Gasteiger partial charge on any atom is -0.495 e. The lowest BCUT2D eigenvalue weighted by molar-refractivity contribution is 0.419. The van der Waals surface area contributed by atoms with Crippen LogP contribution in [-0.4, -0.2) is 12.1 Å². The number of benzene rings is 1. The molecule has 14 heavy (non-hydrogen) atoms. The smallest absolute Gasteiger partial charge is 0.142 e. The maximum Gasteiger partial charge on any atom is 0.142 e. The lowest BCUT2D eigenvalue weighted by Gasteiger charge is -2.07. The molecule has 1 N–H and O–H groups in total. The summed E-state index contributed by atoms with van der Waals surface area (Å²) in [6.45, 7) is 2.05. The first-order valence-electron chi connectivity index (χ1n) is 4.39. The molecule has 0 saturated heterocycles. The average Bonchev–Trinajstić information content (AvgIpc) is 2.18. The third kappa shape index (κ3) is 1.30. The standard InChI is InChI=1S/C11H11NOS/c1-7-3-4-8(13-2)11-10(7)9(14)5-6-12-11/h3-6H,1-2H3,(H,12,14). The number of rotatable bonds is 1. The number of hydrogen-bond acceptors (Lipinski definition) is 2. The Labute approximate surface area is 87.5 Å². The Hall–Kier alpha value is -1.35. The largest absolute Gasteiger partial charge is 0.495 e. The molecule has 0 atom stereocenters. The topological polar surface area (TPSA) is 25.0 Å². The summed E-state index contributed by atoms with van der Waals surface area (Å²) < 4.78 is 6.12. The molecule has 0 aliphatic carbocycles. The van der Waals surface area contributed by atoms with E-state index in [1.807, 2.05) is 31.3 Å². The van der Waals surface area contributed by atoms with Crippen molar-refractivity contribution in [2.45, 2.75) is 6.92 Å². The van der Waals surface area contributed by atoms with Crippen molar-refractivity contribution in [3.63, 3.8) is 0 Å². The van der Waals surface area contributed by atoms with E-state index in [1.165, 1.54) is 5.56 Å². The fourth-order valence-electron chi connectivity index (χ4n) is 1.60. The van der Waals surface area contributed by atoms with Gasteiger partial charge in [0.2, 0.25) is 0 Å². The number of nitrogens with one attached hydrogen (secondary N) is 1. The van der Waals surface area contributed by atoms with Gasteiger partial charge in [-0.3, -0.25) is 0 Å². The van der Waals surface area contributed by atoms with Gasteiger partial charge < -0.3 is 9.72 Å². The summed E-state index contributed by atoms with van der Waals surface area (Å²) >= 11 is 5.27. The van der Waals surface area contributed by atoms with Gasteiger partial charge in [0, 0.05) is 16.1 Å². The van der Waals surface area contributed by atoms with Crippen LogP contribution in [0.25, 0.3) is 10.9 Å². The number of aromatic amines is 1. The van der Waals surface area contributed by atoms with E-state index >= 15 is 0 Å². The molecule has 72 valence electrons. The molecule has 1 heterocycles. The van der Waals surface area contributed by atoms with Crippen LogP contribution in [-0.2, 0) is 0 Å². The van der Waals surface area contributed by atoms with Crippen LogP contribution in [0.5, 0.6) is 5.75 Å². The third-order valence-corrected chi connectivity index (χ3v) is 2.64. The summed E-state index contributed by atoms with van der Waals surface area (Å²) in [6, 6.07) is 5.86. The minimum atomic E-state index is 0.831. The molecule has 0 bridgehead atoms. The molecule has 0 fully saturated rings. The van der Waals surface area contributed by atoms with Crippen molar-refractivity contribution in [3.8, 4) is 5.75 Å². The minimum absolute atomic E-state index is 0.831. The lowest BCUT2D eigenvalue weighted by Crippen LogP contribution is -1.89. The van der Waals surface area contributed by atoms with Crippen LogP contribution < -0.4 is 4.74 Å². The van der Waals surface area contributed by atoms with Gasteiger partial charge in [-0.15, -0.1) is 0 Å². The molecule has 2 nitrogen and oxygen atoms in total. The Morgan fingerprint density at radius 2 is 2.07 bits per heavy atom. The number of methoxy groups -OCH3 is 1. The van der Waals surface area contributed by atoms with Gasteiger partial charge in [-0.2, -0.15) is 0 Å². The van der Waals surface area contributed by atoms with Gasteiger partial charge in [0.05, 0.1) is 12.6 Å². The summed E-state index contributed by atoms with van der Waals surface area (Å²) in [5.74, 6) is 0.831. The summed E-state index contributed by atoms with van der Waals surface area (Å²) in [4.78, 5) is 3.16. The number of H-pyrrole nitrogens is 1. The van der Waals surface area contributed by atoms with E-state index in [1.54, 1.807) is 7.11 Å². The second-order valence-corrected chi connectivity index (χ2v) is 3.62. The highest BCUT2D eigenvalue weighted by Gasteiger charge is 2.04. The average molecular weight is 205 g/mol. The molecule has 0 spiro atoms. The van der Waals surface area contributed by atoms with Gasteiger partial charge >= 0.3 is 0 Å². The molecule has 2 aromatic rings. The highest BCUT2D eigenvalue weighted by molar-refractivity contribution is 7.71. The Bertz CT molecular complexity index is 530. The van der Waals surface area contributed by atoms with E-state index < -0.39 is 0 Å². The fourth-order valence-corrected chi connectivity index (χ4v) is 1.93. The number of pyridine rings is 1. The summed E-state index contributed by atoms with van der Waals surface area (Å²) in [6.07, 6.45) is 1.84. The monoisotopic (exact) mass is 205 g/mol. The molecule has 0 saturated carbocycles. The van der Waals surface area contributed by atoms with Gasteiger partial charge in [0.15, 0.2) is 0 Å². The van der Waals surface area contributed by atoms with E-state index in [9.17, 15) is 0 Å². The molecule has 0 amide bonds. The zero-order valence-corrected chi connectivity index (χ0v) is 8.94. The van der Waals surface area contributed by atoms with Crippen LogP contribution in [0, 0.1) is 11.4 Å². The predicted molar refractivity (Wildman–Crippen MR) is 60.4 cm³/mol. The molecule has 2 rings (SSSR count). The SMILES string of the molecule is COc1ccc(C)c2c(=S)cc[nH]c12. The number of hydrogen-bond donors (Lipinski definition) is 1. The quantitative estimate of drug-likeness (QED) is 0.723. The van der Waals surface area contributed by atoms with Gasteiger partial charge in [-0.05, 0) is 24.6 Å². The van der Waals surface area contributed by atoms with Crippen molar-refractivity contribution in [2.24, 2.45) is 0 Å². The fraction of sp³-hybridized carbons (Fsp3) is 0.182. The van der Waals surface area contributed by atoms with E-state index in [4.69, 9.17) is 17.0 Å². The second-order valence-electron chi connectivity index (χ2n) is 3.18. The zero-order valence-electron chi connectivity index (χ0n) is 8.13. The van der Waals surface area contributed by atoms with Crippen LogP contribution in [0.15, 0.2) is 24.4 Å². The van der Waals surface area contributed by atoms with Gasteiger partial charge in [-0.1, -0.05) is 18.3 Å². The molecule has 0 radical (unpaired) electrons. The van der Waals surface area contributed by atoms with Gasteiger partial charge in [0.1, 0.15) is 5.75 Å². The maximum absolute atomic E-state index is 5.27. The molecule has 0 unspecified atom stereocenters. The number of fused-ring (bicyclic) bond motifs is 1. The van der Waals surface area contributed by atoms with Crippen LogP contribution in [0.2, 0.25) is 0 Å². The first-order chi connectivity index (χ1) is 6.74. The first kappa shape index (κ1) is 9.21. The van der Waals surface area contributed by atoms with Crippen molar-refractivity contribution in [1.29, 1.82) is 0 Å². The van der Waals surface area contributed by atoms with Crippen molar-refractivity contribution >= 4 is 23.1 Å². The summed E-state index contributed by atoms with van der Waals surface area (Å²) in [5, 5.41) is 1.07. The highest BCUT2D eigenvalue weighted by Crippen LogP contribution is 2.26. The third-order valence-electron chi connectivity index (χ3n) is 2.30. The second kappa shape index (κ2) is 3.42.